The van der Waals surface area contributed by atoms with Crippen LogP contribution in [-0.2, 0) is 6.61 Å². The summed E-state index contributed by atoms with van der Waals surface area (Å²) in [6, 6.07) is 13.9. The van der Waals surface area contributed by atoms with Crippen LogP contribution in [0.2, 0.25) is 5.02 Å². The number of hydrogen-bond donors (Lipinski definition) is 2. The number of halogens is 1. The highest BCUT2D eigenvalue weighted by Gasteiger charge is 2.11. The van der Waals surface area contributed by atoms with Gasteiger partial charge in [-0.2, -0.15) is 0 Å². The van der Waals surface area contributed by atoms with Gasteiger partial charge in [-0.05, 0) is 18.2 Å². The molecule has 2 rings (SSSR count). The monoisotopic (exact) mass is 261 g/mol. The molecule has 4 heteroatoms. The quantitative estimate of drug-likeness (QED) is 0.892. The molecule has 0 aliphatic rings. The summed E-state index contributed by atoms with van der Waals surface area (Å²) in [6.07, 6.45) is 0. The maximum atomic E-state index is 12.0. The lowest BCUT2D eigenvalue weighted by atomic mass is 10.1. The van der Waals surface area contributed by atoms with E-state index in [1.807, 2.05) is 0 Å². The molecule has 0 aromatic heterocycles. The van der Waals surface area contributed by atoms with Crippen molar-refractivity contribution in [2.45, 2.75) is 6.61 Å². The number of aliphatic hydroxyl groups excluding tert-OH is 1. The van der Waals surface area contributed by atoms with Gasteiger partial charge in [0.15, 0.2) is 0 Å². The van der Waals surface area contributed by atoms with Gasteiger partial charge in [0.1, 0.15) is 0 Å². The summed E-state index contributed by atoms with van der Waals surface area (Å²) in [5, 5.41) is 12.3. The van der Waals surface area contributed by atoms with Crippen molar-refractivity contribution in [3.63, 3.8) is 0 Å². The Morgan fingerprint density at radius 3 is 2.50 bits per heavy atom. The van der Waals surface area contributed by atoms with E-state index in [0.29, 0.717) is 21.8 Å². The van der Waals surface area contributed by atoms with Gasteiger partial charge in [-0.1, -0.05) is 41.9 Å². The zero-order chi connectivity index (χ0) is 13.0. The van der Waals surface area contributed by atoms with Crippen LogP contribution in [-0.4, -0.2) is 11.0 Å². The molecule has 0 bridgehead atoms. The minimum Gasteiger partial charge on any atom is -0.392 e. The summed E-state index contributed by atoms with van der Waals surface area (Å²) in [5.41, 5.74) is 1.66. The smallest absolute Gasteiger partial charge is 0.257 e. The van der Waals surface area contributed by atoms with Gasteiger partial charge in [0.25, 0.3) is 5.91 Å². The third-order valence-corrected chi connectivity index (χ3v) is 2.88. The van der Waals surface area contributed by atoms with E-state index < -0.39 is 0 Å². The first kappa shape index (κ1) is 12.6. The Balaban J connectivity index is 2.24. The molecule has 0 saturated carbocycles. The average Bonchev–Trinajstić information content (AvgIpc) is 2.39. The average molecular weight is 262 g/mol. The number of para-hydroxylation sites is 1. The van der Waals surface area contributed by atoms with Crippen molar-refractivity contribution in [1.29, 1.82) is 0 Å². The van der Waals surface area contributed by atoms with Gasteiger partial charge in [0.2, 0.25) is 0 Å². The van der Waals surface area contributed by atoms with Crippen LogP contribution >= 0.6 is 11.6 Å². The zero-order valence-corrected chi connectivity index (χ0v) is 10.3. The lowest BCUT2D eigenvalue weighted by molar-refractivity contribution is 0.102. The fourth-order valence-electron chi connectivity index (χ4n) is 1.62. The Bertz CT molecular complexity index is 569. The third kappa shape index (κ3) is 2.70. The van der Waals surface area contributed by atoms with Gasteiger partial charge in [-0.3, -0.25) is 4.79 Å². The van der Waals surface area contributed by atoms with Crippen molar-refractivity contribution in [2.75, 3.05) is 5.32 Å². The van der Waals surface area contributed by atoms with Gasteiger partial charge in [-0.15, -0.1) is 0 Å². The molecule has 0 fully saturated rings. The number of benzene rings is 2. The second-order valence-corrected chi connectivity index (χ2v) is 4.16. The molecule has 0 atom stereocenters. The zero-order valence-electron chi connectivity index (χ0n) is 9.56. The van der Waals surface area contributed by atoms with Gasteiger partial charge < -0.3 is 10.4 Å². The Labute approximate surface area is 110 Å². The van der Waals surface area contributed by atoms with E-state index in [-0.39, 0.29) is 12.5 Å². The molecule has 92 valence electrons. The summed E-state index contributed by atoms with van der Waals surface area (Å²) in [5.74, 6) is -0.290. The highest BCUT2D eigenvalue weighted by atomic mass is 35.5. The molecule has 2 aromatic carbocycles. The van der Waals surface area contributed by atoms with Crippen LogP contribution in [0.5, 0.6) is 0 Å². The van der Waals surface area contributed by atoms with E-state index in [2.05, 4.69) is 5.32 Å². The molecule has 2 aromatic rings. The molecule has 0 saturated heterocycles. The maximum absolute atomic E-state index is 12.0. The Kier molecular flexibility index (Phi) is 3.97. The molecule has 18 heavy (non-hydrogen) atoms. The fourth-order valence-corrected chi connectivity index (χ4v) is 1.84. The van der Waals surface area contributed by atoms with Gasteiger partial charge in [0.05, 0.1) is 17.2 Å². The Morgan fingerprint density at radius 2 is 1.78 bits per heavy atom. The van der Waals surface area contributed by atoms with E-state index in [1.165, 1.54) is 0 Å². The summed E-state index contributed by atoms with van der Waals surface area (Å²) in [7, 11) is 0. The molecule has 3 nitrogen and oxygen atoms in total. The normalized spacial score (nSPS) is 10.1. The second kappa shape index (κ2) is 5.67. The minimum absolute atomic E-state index is 0.126. The summed E-state index contributed by atoms with van der Waals surface area (Å²) in [6.45, 7) is -0.126. The first-order chi connectivity index (χ1) is 8.72. The largest absolute Gasteiger partial charge is 0.392 e. The van der Waals surface area contributed by atoms with Crippen LogP contribution in [0.1, 0.15) is 15.9 Å². The van der Waals surface area contributed by atoms with Gasteiger partial charge >= 0.3 is 0 Å². The van der Waals surface area contributed by atoms with Crippen LogP contribution in [0.15, 0.2) is 48.5 Å². The number of carbonyl (C=O) groups excluding carboxylic acids is 1. The summed E-state index contributed by atoms with van der Waals surface area (Å²) >= 11 is 5.95. The lowest BCUT2D eigenvalue weighted by Gasteiger charge is -2.09. The molecule has 2 N–H and O–H groups in total. The summed E-state index contributed by atoms with van der Waals surface area (Å²) < 4.78 is 0. The topological polar surface area (TPSA) is 49.3 Å². The number of nitrogens with one attached hydrogen (secondary N) is 1. The summed E-state index contributed by atoms with van der Waals surface area (Å²) in [4.78, 5) is 12.0. The van der Waals surface area contributed by atoms with Crippen LogP contribution in [0.3, 0.4) is 0 Å². The SMILES string of the molecule is O=C(Nc1ccccc1CO)c1ccccc1Cl. The first-order valence-corrected chi connectivity index (χ1v) is 5.85. The highest BCUT2D eigenvalue weighted by molar-refractivity contribution is 6.34. The number of hydrogen-bond acceptors (Lipinski definition) is 2. The third-order valence-electron chi connectivity index (χ3n) is 2.55. The lowest BCUT2D eigenvalue weighted by Crippen LogP contribution is -2.13. The van der Waals surface area contributed by atoms with E-state index in [4.69, 9.17) is 11.6 Å². The molecular weight excluding hydrogens is 250 g/mol. The van der Waals surface area contributed by atoms with E-state index in [1.54, 1.807) is 48.5 Å². The van der Waals surface area contributed by atoms with Crippen LogP contribution in [0.25, 0.3) is 0 Å². The number of rotatable bonds is 3. The predicted octanol–water partition coefficient (Wildman–Crippen LogP) is 3.08. The van der Waals surface area contributed by atoms with Crippen LogP contribution in [0.4, 0.5) is 5.69 Å². The molecule has 0 aliphatic heterocycles. The van der Waals surface area contributed by atoms with Crippen molar-refractivity contribution in [1.82, 2.24) is 0 Å². The predicted molar refractivity (Wildman–Crippen MR) is 71.8 cm³/mol. The van der Waals surface area contributed by atoms with Crippen molar-refractivity contribution < 1.29 is 9.90 Å². The fraction of sp³-hybridized carbons (Fsp3) is 0.0714. The number of carbonyl (C=O) groups is 1. The molecule has 0 heterocycles. The molecular formula is C14H12ClNO2. The highest BCUT2D eigenvalue weighted by Crippen LogP contribution is 2.19. The Morgan fingerprint density at radius 1 is 1.11 bits per heavy atom. The van der Waals surface area contributed by atoms with E-state index in [0.717, 1.165) is 0 Å². The number of aliphatic hydroxyl groups is 1. The van der Waals surface area contributed by atoms with E-state index in [9.17, 15) is 9.90 Å². The van der Waals surface area contributed by atoms with Crippen molar-refractivity contribution in [2.24, 2.45) is 0 Å². The standard InChI is InChI=1S/C14H12ClNO2/c15-12-7-3-2-6-11(12)14(18)16-13-8-4-1-5-10(13)9-17/h1-8,17H,9H2,(H,16,18). The van der Waals surface area contributed by atoms with Crippen LogP contribution < -0.4 is 5.32 Å². The van der Waals surface area contributed by atoms with Crippen molar-refractivity contribution >= 4 is 23.2 Å². The number of anilines is 1. The molecule has 0 radical (unpaired) electrons. The molecule has 0 unspecified atom stereocenters. The van der Waals surface area contributed by atoms with Gasteiger partial charge in [0, 0.05) is 11.3 Å². The molecule has 1 amide bonds. The number of amides is 1. The van der Waals surface area contributed by atoms with Crippen molar-refractivity contribution in [3.8, 4) is 0 Å². The maximum Gasteiger partial charge on any atom is 0.257 e. The second-order valence-electron chi connectivity index (χ2n) is 3.75. The van der Waals surface area contributed by atoms with Crippen molar-refractivity contribution in [3.05, 3.63) is 64.7 Å². The van der Waals surface area contributed by atoms with Crippen LogP contribution in [0, 0.1) is 0 Å². The van der Waals surface area contributed by atoms with Gasteiger partial charge in [-0.25, -0.2) is 0 Å². The minimum atomic E-state index is -0.290. The first-order valence-electron chi connectivity index (χ1n) is 5.47. The van der Waals surface area contributed by atoms with E-state index >= 15 is 0 Å². The Hall–Kier alpha value is -1.84. The molecule has 0 spiro atoms. The molecule has 0 aliphatic carbocycles.